The summed E-state index contributed by atoms with van der Waals surface area (Å²) in [4.78, 5) is 0.918. The molecule has 0 spiro atoms. The maximum atomic E-state index is 9.86. The van der Waals surface area contributed by atoms with Crippen molar-refractivity contribution in [3.05, 3.63) is 193 Å². The van der Waals surface area contributed by atoms with Gasteiger partial charge in [-0.25, -0.2) is 0 Å². The van der Waals surface area contributed by atoms with E-state index in [1.54, 1.807) is 0 Å². The Morgan fingerprint density at radius 2 is 0.774 bits per heavy atom. The van der Waals surface area contributed by atoms with E-state index in [9.17, 15) is 15.1 Å². The number of fused-ring (bicyclic) bond motifs is 6. The van der Waals surface area contributed by atoms with E-state index in [1.165, 1.54) is 6.92 Å². The van der Waals surface area contributed by atoms with Crippen molar-refractivity contribution in [2.75, 3.05) is 9.80 Å². The first kappa shape index (κ1) is 13.0. The van der Waals surface area contributed by atoms with Crippen LogP contribution in [0.3, 0.4) is 0 Å². The first-order chi connectivity index (χ1) is 39.1. The Bertz CT molecular complexity index is 4540. The molecule has 4 heteroatoms. The van der Waals surface area contributed by atoms with Crippen molar-refractivity contribution in [2.24, 2.45) is 0 Å². The molecule has 0 radical (unpaired) electrons. The molecular formula is C49H34N2S2. The third-order valence-electron chi connectivity index (χ3n) is 7.78. The van der Waals surface area contributed by atoms with Crippen LogP contribution in [0.1, 0.15) is 48.1 Å². The number of rotatable bonds is 7. The minimum atomic E-state index is -1.16. The summed E-state index contributed by atoms with van der Waals surface area (Å²) in [6, 6.07) is -28.9. The highest BCUT2D eigenvalue weighted by molar-refractivity contribution is 7.26. The van der Waals surface area contributed by atoms with Crippen molar-refractivity contribution in [2.45, 2.75) is 6.92 Å². The highest BCUT2D eigenvalue weighted by Crippen LogP contribution is 2.44. The van der Waals surface area contributed by atoms with Gasteiger partial charge in [0.1, 0.15) is 0 Å². The Hall–Kier alpha value is -6.20. The molecule has 0 N–H and O–H groups in total. The molecule has 53 heavy (non-hydrogen) atoms. The van der Waals surface area contributed by atoms with E-state index in [-0.39, 0.29) is 37.8 Å². The lowest BCUT2D eigenvalue weighted by atomic mass is 10.0. The molecule has 8 aromatic carbocycles. The maximum Gasteiger partial charge on any atom is 0.0660 e. The number of nitrogens with zero attached hydrogens (tertiary/aromatic N) is 2. The van der Waals surface area contributed by atoms with Crippen molar-refractivity contribution in [1.29, 1.82) is 0 Å². The lowest BCUT2D eigenvalue weighted by Gasteiger charge is -2.26. The minimum Gasteiger partial charge on any atom is -0.310 e. The smallest absolute Gasteiger partial charge is 0.0660 e. The van der Waals surface area contributed by atoms with Crippen LogP contribution in [0.15, 0.2) is 187 Å². The summed E-state index contributed by atoms with van der Waals surface area (Å²) in [6.45, 7) is 1.44. The van der Waals surface area contributed by atoms with Crippen LogP contribution in [0.2, 0.25) is 0 Å². The van der Waals surface area contributed by atoms with Gasteiger partial charge in [-0.1, -0.05) is 90.6 Å². The molecule has 0 bridgehead atoms. The topological polar surface area (TPSA) is 6.48 Å². The highest BCUT2D eigenvalue weighted by atomic mass is 32.1. The largest absolute Gasteiger partial charge is 0.310 e. The van der Waals surface area contributed by atoms with Crippen molar-refractivity contribution in [3.8, 4) is 11.1 Å². The van der Waals surface area contributed by atoms with E-state index >= 15 is 0 Å². The molecule has 0 aliphatic carbocycles. The number of benzene rings is 8. The van der Waals surface area contributed by atoms with Crippen molar-refractivity contribution in [1.82, 2.24) is 0 Å². The van der Waals surface area contributed by atoms with Crippen LogP contribution in [0.5, 0.6) is 0 Å². The second kappa shape index (κ2) is 13.1. The summed E-state index contributed by atoms with van der Waals surface area (Å²) >= 11 is 1.23. The van der Waals surface area contributed by atoms with E-state index in [0.717, 1.165) is 11.3 Å². The third kappa shape index (κ3) is 5.73. The number of thiophene rings is 2. The summed E-state index contributed by atoms with van der Waals surface area (Å²) in [6.07, 6.45) is 0. The lowest BCUT2D eigenvalue weighted by molar-refractivity contribution is 1.29. The zero-order valence-electron chi connectivity index (χ0n) is 57.7. The van der Waals surface area contributed by atoms with Crippen LogP contribution in [0.4, 0.5) is 34.1 Å². The molecule has 0 fully saturated rings. The van der Waals surface area contributed by atoms with Crippen LogP contribution in [-0.2, 0) is 0 Å². The molecule has 0 atom stereocenters. The molecular weight excluding hydrogens is 681 g/mol. The number of para-hydroxylation sites is 3. The third-order valence-corrected chi connectivity index (χ3v) is 9.82. The predicted molar refractivity (Wildman–Crippen MR) is 232 cm³/mol. The molecule has 10 aromatic rings. The quantitative estimate of drug-likeness (QED) is 0.160. The van der Waals surface area contributed by atoms with E-state index in [1.807, 2.05) is 0 Å². The molecule has 2 nitrogen and oxygen atoms in total. The highest BCUT2D eigenvalue weighted by Gasteiger charge is 2.17. The Morgan fingerprint density at radius 1 is 0.340 bits per heavy atom. The van der Waals surface area contributed by atoms with Crippen molar-refractivity contribution in [3.63, 3.8) is 0 Å². The summed E-state index contributed by atoms with van der Waals surface area (Å²) in [5.41, 5.74) is -7.18. The van der Waals surface area contributed by atoms with Crippen LogP contribution in [0.25, 0.3) is 51.5 Å². The fourth-order valence-corrected chi connectivity index (χ4v) is 7.46. The number of hydrogen-bond acceptors (Lipinski definition) is 4. The zero-order chi connectivity index (χ0) is 62.3. The molecule has 10 rings (SSSR count). The van der Waals surface area contributed by atoms with Gasteiger partial charge in [-0.2, -0.15) is 0 Å². The molecule has 0 aliphatic rings. The summed E-state index contributed by atoms with van der Waals surface area (Å²) in [5.74, 6) is 0. The fraction of sp³-hybridized carbons (Fsp3) is 0.0204. The number of anilines is 6. The number of hydrogen-bond donors (Lipinski definition) is 0. The Balaban J connectivity index is 1.32. The van der Waals surface area contributed by atoms with Gasteiger partial charge in [-0.15, -0.1) is 22.7 Å². The predicted octanol–water partition coefficient (Wildman–Crippen LogP) is 15.3. The zero-order valence-corrected chi connectivity index (χ0v) is 28.3. The van der Waals surface area contributed by atoms with Crippen LogP contribution >= 0.6 is 22.7 Å². The van der Waals surface area contributed by atoms with E-state index in [4.69, 9.17) is 27.4 Å². The first-order valence-electron chi connectivity index (χ1n) is 30.9. The Morgan fingerprint density at radius 3 is 1.38 bits per heavy atom. The van der Waals surface area contributed by atoms with Gasteiger partial charge >= 0.3 is 0 Å². The Kier molecular flexibility index (Phi) is 3.22. The summed E-state index contributed by atoms with van der Waals surface area (Å²) in [7, 11) is 0. The van der Waals surface area contributed by atoms with Gasteiger partial charge in [0.2, 0.25) is 0 Å². The minimum absolute atomic E-state index is 0.0607. The molecule has 0 saturated heterocycles. The molecule has 0 unspecified atom stereocenters. The molecule has 2 aromatic heterocycles. The second-order valence-corrected chi connectivity index (χ2v) is 13.1. The standard InChI is InChI=1S/C49H34N2S2/c1-33-17-25-42-44-30-35(20-27-46(44)52-48(42)29-33)34-18-21-39(22-19-34)51(38-15-9-4-10-16-38)41-23-26-43-45-31-40(24-28-47(45)53-49(43)32-41)50(36-11-5-2-6-12-36)37-13-7-3-8-14-37/h2-32H,1H3/i2D,3D,4D,5D,6D,7D,8D,9D,10D,11D,12D,13D,14D,15D,16D,17D,18D,19D,20D,21D,22D,23D,24D,25D,26D,27D,28D,29D,30D,31D,32D. The monoisotopic (exact) mass is 745 g/mol. The summed E-state index contributed by atoms with van der Waals surface area (Å²) in [5, 5.41) is -1.43. The van der Waals surface area contributed by atoms with Gasteiger partial charge in [0.15, 0.2) is 0 Å². The Labute approximate surface area is 360 Å². The van der Waals surface area contributed by atoms with E-state index < -0.39 is 241 Å². The normalized spacial score (nSPS) is 19.7. The average molecular weight is 746 g/mol. The molecule has 252 valence electrons. The molecule has 0 saturated carbocycles. The molecule has 0 amide bonds. The van der Waals surface area contributed by atoms with Gasteiger partial charge in [0.25, 0.3) is 0 Å². The van der Waals surface area contributed by atoms with Crippen LogP contribution in [0, 0.1) is 6.92 Å². The molecule has 2 heterocycles. The van der Waals surface area contributed by atoms with Crippen molar-refractivity contribution < 1.29 is 42.5 Å². The van der Waals surface area contributed by atoms with Crippen LogP contribution < -0.4 is 9.80 Å². The molecule has 0 aliphatic heterocycles. The van der Waals surface area contributed by atoms with Gasteiger partial charge < -0.3 is 9.80 Å². The summed E-state index contributed by atoms with van der Waals surface area (Å²) < 4.78 is 279. The van der Waals surface area contributed by atoms with Gasteiger partial charge in [-0.05, 0) is 120 Å². The van der Waals surface area contributed by atoms with E-state index in [2.05, 4.69) is 0 Å². The van der Waals surface area contributed by atoms with Gasteiger partial charge in [-0.3, -0.25) is 0 Å². The van der Waals surface area contributed by atoms with Crippen molar-refractivity contribution >= 4 is 97.1 Å². The average Bonchev–Trinajstić information content (AvgIpc) is 1.53. The van der Waals surface area contributed by atoms with Gasteiger partial charge in [0, 0.05) is 74.5 Å². The SMILES string of the molecule is [2H]c1c([2H])c([2H])c(N(c2c([2H])c([2H])c(-c3c([2H])c([2H])c4sc5c([2H])c(C)c([2H])c([2H])c5c4c3[2H])c([2H])c2[2H])c2c([2H])c([2H])c3c(sc4c([2H])c([2H])c(N(c5c([2H])c([2H])c([2H])c([2H])c5[2H])c5c([2H])c([2H])c([2H])c([2H])c5[2H])c([2H])c43)c2[2H])c([2H])c1[2H]. The lowest BCUT2D eigenvalue weighted by Crippen LogP contribution is -2.09. The first-order valence-corrected chi connectivity index (χ1v) is 17.0. The second-order valence-electron chi connectivity index (χ2n) is 11.0. The van der Waals surface area contributed by atoms with E-state index in [0.29, 0.717) is 21.1 Å². The van der Waals surface area contributed by atoms with Crippen LogP contribution in [-0.4, -0.2) is 0 Å². The fourth-order valence-electron chi connectivity index (χ4n) is 5.48. The van der Waals surface area contributed by atoms with Gasteiger partial charge in [0.05, 0.1) is 42.5 Å². The maximum absolute atomic E-state index is 9.86.